The van der Waals surface area contributed by atoms with E-state index in [-0.39, 0.29) is 43.4 Å². The topological polar surface area (TPSA) is 86.8 Å². The summed E-state index contributed by atoms with van der Waals surface area (Å²) in [6, 6.07) is 10.8. The molecule has 7 nitrogen and oxygen atoms in total. The molecular formula is C27H36F3N3O4S. The van der Waals surface area contributed by atoms with Crippen LogP contribution in [0.4, 0.5) is 18.9 Å². The molecule has 38 heavy (non-hydrogen) atoms. The maximum atomic E-state index is 13.3. The standard InChI is InChI=1S/C27H36F3N3O4S/c1-5-6-15-31-26(35)21(3)32(19-22-11-7-10-20(2)17-22)25(34)14-9-16-33(38(4,36)37)24-13-8-12-23(18-24)27(28,29)30/h7-8,10-13,17-18,21H,5-6,9,14-16,19H2,1-4H3,(H,31,35). The average molecular weight is 556 g/mol. The van der Waals surface area contributed by atoms with E-state index in [1.165, 1.54) is 11.0 Å². The highest BCUT2D eigenvalue weighted by atomic mass is 32.2. The maximum absolute atomic E-state index is 13.3. The lowest BCUT2D eigenvalue weighted by Crippen LogP contribution is -2.48. The number of sulfonamides is 1. The number of amides is 2. The van der Waals surface area contributed by atoms with Crippen molar-refractivity contribution in [3.8, 4) is 0 Å². The van der Waals surface area contributed by atoms with Crippen LogP contribution < -0.4 is 9.62 Å². The lowest BCUT2D eigenvalue weighted by atomic mass is 10.1. The summed E-state index contributed by atoms with van der Waals surface area (Å²) < 4.78 is 65.2. The summed E-state index contributed by atoms with van der Waals surface area (Å²) >= 11 is 0. The van der Waals surface area contributed by atoms with Gasteiger partial charge in [-0.25, -0.2) is 8.42 Å². The van der Waals surface area contributed by atoms with E-state index in [9.17, 15) is 31.2 Å². The monoisotopic (exact) mass is 555 g/mol. The SMILES string of the molecule is CCCCNC(=O)C(C)N(Cc1cccc(C)c1)C(=O)CCCN(c1cccc(C(F)(F)F)c1)S(C)(=O)=O. The zero-order chi connectivity index (χ0) is 28.5. The van der Waals surface area contributed by atoms with Crippen molar-refractivity contribution in [3.05, 3.63) is 65.2 Å². The first-order valence-corrected chi connectivity index (χ1v) is 14.4. The van der Waals surface area contributed by atoms with E-state index in [0.717, 1.165) is 52.7 Å². The van der Waals surface area contributed by atoms with Crippen molar-refractivity contribution in [2.75, 3.05) is 23.7 Å². The van der Waals surface area contributed by atoms with Crippen molar-refractivity contribution in [3.63, 3.8) is 0 Å². The Kier molecular flexibility index (Phi) is 11.2. The van der Waals surface area contributed by atoms with Crippen molar-refractivity contribution in [2.45, 2.75) is 65.2 Å². The van der Waals surface area contributed by atoms with Gasteiger partial charge in [-0.1, -0.05) is 49.2 Å². The zero-order valence-corrected chi connectivity index (χ0v) is 23.0. The number of carbonyl (C=O) groups is 2. The molecule has 0 spiro atoms. The second-order valence-electron chi connectivity index (χ2n) is 9.32. The van der Waals surface area contributed by atoms with Crippen LogP contribution in [0.5, 0.6) is 0 Å². The Hall–Kier alpha value is -3.08. The van der Waals surface area contributed by atoms with Crippen molar-refractivity contribution in [1.82, 2.24) is 10.2 Å². The summed E-state index contributed by atoms with van der Waals surface area (Å²) in [6.45, 7) is 6.05. The van der Waals surface area contributed by atoms with Gasteiger partial charge in [-0.3, -0.25) is 13.9 Å². The van der Waals surface area contributed by atoms with E-state index in [0.29, 0.717) is 6.54 Å². The Morgan fingerprint density at radius 3 is 2.34 bits per heavy atom. The Labute approximate surface area is 223 Å². The van der Waals surface area contributed by atoms with E-state index in [4.69, 9.17) is 0 Å². The number of nitrogens with zero attached hydrogens (tertiary/aromatic N) is 2. The number of carbonyl (C=O) groups excluding carboxylic acids is 2. The molecule has 0 bridgehead atoms. The van der Waals surface area contributed by atoms with Crippen molar-refractivity contribution in [2.24, 2.45) is 0 Å². The fourth-order valence-corrected chi connectivity index (χ4v) is 4.92. The zero-order valence-electron chi connectivity index (χ0n) is 22.2. The molecule has 1 N–H and O–H groups in total. The van der Waals surface area contributed by atoms with Gasteiger partial charge in [0.1, 0.15) is 6.04 Å². The Morgan fingerprint density at radius 2 is 1.74 bits per heavy atom. The van der Waals surface area contributed by atoms with Crippen LogP contribution in [0.1, 0.15) is 56.2 Å². The lowest BCUT2D eigenvalue weighted by Gasteiger charge is -2.29. The number of unbranched alkanes of at least 4 members (excludes halogenated alkanes) is 1. The number of hydrogen-bond donors (Lipinski definition) is 1. The number of benzene rings is 2. The molecule has 2 aromatic rings. The molecule has 0 fully saturated rings. The van der Waals surface area contributed by atoms with Gasteiger partial charge in [0, 0.05) is 26.1 Å². The van der Waals surface area contributed by atoms with E-state index in [2.05, 4.69) is 5.32 Å². The Balaban J connectivity index is 2.19. The predicted molar refractivity (Wildman–Crippen MR) is 142 cm³/mol. The summed E-state index contributed by atoms with van der Waals surface area (Å²) in [6.07, 6.45) is -2.05. The minimum atomic E-state index is -4.63. The molecule has 210 valence electrons. The molecular weight excluding hydrogens is 519 g/mol. The quantitative estimate of drug-likeness (QED) is 0.357. The molecule has 0 aliphatic heterocycles. The van der Waals surface area contributed by atoms with Crippen LogP contribution in [0.25, 0.3) is 0 Å². The molecule has 0 radical (unpaired) electrons. The number of aryl methyl sites for hydroxylation is 1. The third-order valence-electron chi connectivity index (χ3n) is 6.05. The number of rotatable bonds is 13. The van der Waals surface area contributed by atoms with Gasteiger partial charge >= 0.3 is 6.18 Å². The molecule has 0 saturated heterocycles. The smallest absolute Gasteiger partial charge is 0.354 e. The van der Waals surface area contributed by atoms with Gasteiger partial charge < -0.3 is 10.2 Å². The van der Waals surface area contributed by atoms with E-state index >= 15 is 0 Å². The number of halogens is 3. The first-order chi connectivity index (χ1) is 17.7. The highest BCUT2D eigenvalue weighted by molar-refractivity contribution is 7.92. The fourth-order valence-electron chi connectivity index (χ4n) is 3.97. The summed E-state index contributed by atoms with van der Waals surface area (Å²) in [5, 5.41) is 2.84. The minimum Gasteiger partial charge on any atom is -0.354 e. The predicted octanol–water partition coefficient (Wildman–Crippen LogP) is 4.89. The second kappa shape index (κ2) is 13.6. The van der Waals surface area contributed by atoms with E-state index in [1.807, 2.05) is 38.1 Å². The molecule has 1 atom stereocenters. The van der Waals surface area contributed by atoms with Crippen molar-refractivity contribution >= 4 is 27.5 Å². The van der Waals surface area contributed by atoms with Gasteiger partial charge in [-0.2, -0.15) is 13.2 Å². The van der Waals surface area contributed by atoms with Crippen LogP contribution in [0.15, 0.2) is 48.5 Å². The second-order valence-corrected chi connectivity index (χ2v) is 11.2. The summed E-state index contributed by atoms with van der Waals surface area (Å²) in [7, 11) is -3.92. The first-order valence-electron chi connectivity index (χ1n) is 12.5. The molecule has 0 saturated carbocycles. The molecule has 2 amide bonds. The van der Waals surface area contributed by atoms with E-state index in [1.54, 1.807) is 6.92 Å². The first kappa shape index (κ1) is 31.1. The van der Waals surface area contributed by atoms with Crippen LogP contribution in [0.2, 0.25) is 0 Å². The maximum Gasteiger partial charge on any atom is 0.416 e. The third-order valence-corrected chi connectivity index (χ3v) is 7.24. The molecule has 0 aliphatic rings. The highest BCUT2D eigenvalue weighted by Gasteiger charge is 2.32. The van der Waals surface area contributed by atoms with Gasteiger partial charge in [0.05, 0.1) is 17.5 Å². The molecule has 11 heteroatoms. The third kappa shape index (κ3) is 9.34. The van der Waals surface area contributed by atoms with Gasteiger partial charge in [0.25, 0.3) is 0 Å². The van der Waals surface area contributed by atoms with Crippen molar-refractivity contribution < 1.29 is 31.2 Å². The van der Waals surface area contributed by atoms with Crippen molar-refractivity contribution in [1.29, 1.82) is 0 Å². The van der Waals surface area contributed by atoms with Gasteiger partial charge in [-0.15, -0.1) is 0 Å². The Bertz CT molecular complexity index is 1200. The molecule has 0 aliphatic carbocycles. The van der Waals surface area contributed by atoms with Gasteiger partial charge in [0.2, 0.25) is 21.8 Å². The largest absolute Gasteiger partial charge is 0.416 e. The fraction of sp³-hybridized carbons (Fsp3) is 0.481. The molecule has 1 unspecified atom stereocenters. The molecule has 2 rings (SSSR count). The highest BCUT2D eigenvalue weighted by Crippen LogP contribution is 2.32. The molecule has 2 aromatic carbocycles. The van der Waals surface area contributed by atoms with Crippen LogP contribution in [0.3, 0.4) is 0 Å². The van der Waals surface area contributed by atoms with Gasteiger partial charge in [-0.05, 0) is 50.5 Å². The van der Waals surface area contributed by atoms with Crippen LogP contribution in [-0.4, -0.2) is 50.5 Å². The molecule has 0 heterocycles. The molecule has 0 aromatic heterocycles. The van der Waals surface area contributed by atoms with Crippen LogP contribution in [-0.2, 0) is 32.3 Å². The number of hydrogen-bond acceptors (Lipinski definition) is 4. The van der Waals surface area contributed by atoms with E-state index < -0.39 is 27.8 Å². The number of nitrogens with one attached hydrogen (secondary N) is 1. The summed E-state index contributed by atoms with van der Waals surface area (Å²) in [5.74, 6) is -0.650. The normalized spacial score (nSPS) is 12.6. The van der Waals surface area contributed by atoms with Crippen LogP contribution in [0, 0.1) is 6.92 Å². The minimum absolute atomic E-state index is 0.0522. The number of alkyl halides is 3. The lowest BCUT2D eigenvalue weighted by molar-refractivity contribution is -0.140. The Morgan fingerprint density at radius 1 is 1.05 bits per heavy atom. The van der Waals surface area contributed by atoms with Crippen LogP contribution >= 0.6 is 0 Å². The van der Waals surface area contributed by atoms with Gasteiger partial charge in [0.15, 0.2) is 0 Å². The summed E-state index contributed by atoms with van der Waals surface area (Å²) in [5.41, 5.74) is 0.746. The number of anilines is 1. The average Bonchev–Trinajstić information content (AvgIpc) is 2.83. The summed E-state index contributed by atoms with van der Waals surface area (Å²) in [4.78, 5) is 27.5.